The molecular formula is C26H22FN5OS. The number of pyridine rings is 1. The van der Waals surface area contributed by atoms with Gasteiger partial charge in [-0.05, 0) is 60.7 Å². The second-order valence-corrected chi connectivity index (χ2v) is 8.31. The van der Waals surface area contributed by atoms with Crippen LogP contribution in [0.4, 0.5) is 10.1 Å². The van der Waals surface area contributed by atoms with Gasteiger partial charge >= 0.3 is 0 Å². The van der Waals surface area contributed by atoms with Crippen molar-refractivity contribution in [1.82, 2.24) is 19.8 Å². The molecule has 1 fully saturated rings. The standard InChI is InChI=1S/C26H22FN5OS/c27-19-11-4-5-13-21(19)31-16-8-14-22(31)25-24(20-12-6-7-15-28-20)30-26(34)32(25)17-23(33)29-18-9-2-1-3-10-18/h1-16,24-25H,17H2,(H,29,33)(H,30,34). The number of rotatable bonds is 6. The van der Waals surface area contributed by atoms with Crippen molar-refractivity contribution < 1.29 is 9.18 Å². The maximum Gasteiger partial charge on any atom is 0.244 e. The lowest BCUT2D eigenvalue weighted by Crippen LogP contribution is -2.37. The zero-order valence-electron chi connectivity index (χ0n) is 18.1. The molecule has 1 aliphatic heterocycles. The highest BCUT2D eigenvalue weighted by Gasteiger charge is 2.42. The third kappa shape index (κ3) is 4.27. The molecule has 34 heavy (non-hydrogen) atoms. The van der Waals surface area contributed by atoms with E-state index >= 15 is 0 Å². The fraction of sp³-hybridized carbons (Fsp3) is 0.115. The summed E-state index contributed by atoms with van der Waals surface area (Å²) in [5, 5.41) is 6.68. The zero-order chi connectivity index (χ0) is 23.5. The van der Waals surface area contributed by atoms with E-state index in [1.165, 1.54) is 6.07 Å². The highest BCUT2D eigenvalue weighted by Crippen LogP contribution is 2.39. The molecule has 0 bridgehead atoms. The molecule has 6 nitrogen and oxygen atoms in total. The highest BCUT2D eigenvalue weighted by molar-refractivity contribution is 7.80. The summed E-state index contributed by atoms with van der Waals surface area (Å²) in [5.74, 6) is -0.540. The van der Waals surface area contributed by atoms with Crippen molar-refractivity contribution in [2.45, 2.75) is 12.1 Å². The van der Waals surface area contributed by atoms with E-state index < -0.39 is 6.04 Å². The van der Waals surface area contributed by atoms with Gasteiger partial charge in [-0.2, -0.15) is 0 Å². The average molecular weight is 472 g/mol. The number of hydrogen-bond acceptors (Lipinski definition) is 3. The molecule has 2 aromatic heterocycles. The zero-order valence-corrected chi connectivity index (χ0v) is 19.0. The second-order valence-electron chi connectivity index (χ2n) is 7.92. The number of nitrogens with zero attached hydrogens (tertiary/aromatic N) is 3. The molecule has 1 saturated heterocycles. The number of para-hydroxylation sites is 2. The molecule has 3 heterocycles. The topological polar surface area (TPSA) is 62.2 Å². The van der Waals surface area contributed by atoms with Gasteiger partial charge in [0.15, 0.2) is 5.11 Å². The molecule has 1 amide bonds. The van der Waals surface area contributed by atoms with Gasteiger partial charge in [-0.15, -0.1) is 0 Å². The Hall–Kier alpha value is -4.04. The van der Waals surface area contributed by atoms with Crippen molar-refractivity contribution in [1.29, 1.82) is 0 Å². The number of hydrogen-bond donors (Lipinski definition) is 2. The molecule has 5 rings (SSSR count). The summed E-state index contributed by atoms with van der Waals surface area (Å²) in [6.45, 7) is 0.0250. The quantitative estimate of drug-likeness (QED) is 0.402. The fourth-order valence-corrected chi connectivity index (χ4v) is 4.58. The molecule has 2 aromatic carbocycles. The molecule has 0 saturated carbocycles. The van der Waals surface area contributed by atoms with E-state index in [2.05, 4.69) is 15.6 Å². The van der Waals surface area contributed by atoms with E-state index in [-0.39, 0.29) is 24.3 Å². The number of thiocarbonyl (C=S) groups is 1. The average Bonchev–Trinajstić information content (AvgIpc) is 3.45. The number of nitrogens with one attached hydrogen (secondary N) is 2. The third-order valence-electron chi connectivity index (χ3n) is 5.76. The Morgan fingerprint density at radius 2 is 1.76 bits per heavy atom. The Balaban J connectivity index is 1.53. The van der Waals surface area contributed by atoms with E-state index in [9.17, 15) is 9.18 Å². The lowest BCUT2D eigenvalue weighted by Gasteiger charge is -2.28. The van der Waals surface area contributed by atoms with Gasteiger partial charge in [0.05, 0.1) is 23.5 Å². The molecule has 2 atom stereocenters. The summed E-state index contributed by atoms with van der Waals surface area (Å²) < 4.78 is 16.5. The lowest BCUT2D eigenvalue weighted by molar-refractivity contribution is -0.116. The van der Waals surface area contributed by atoms with Crippen molar-refractivity contribution >= 4 is 28.9 Å². The number of aromatic nitrogens is 2. The predicted octanol–water partition coefficient (Wildman–Crippen LogP) is 4.62. The number of halogens is 1. The second kappa shape index (κ2) is 9.44. The van der Waals surface area contributed by atoms with Crippen LogP contribution in [0.3, 0.4) is 0 Å². The van der Waals surface area contributed by atoms with Crippen LogP contribution >= 0.6 is 12.2 Å². The van der Waals surface area contributed by atoms with E-state index in [0.717, 1.165) is 11.4 Å². The minimum atomic E-state index is -0.390. The van der Waals surface area contributed by atoms with Gasteiger partial charge in [0.25, 0.3) is 0 Å². The number of anilines is 1. The Morgan fingerprint density at radius 3 is 2.53 bits per heavy atom. The number of benzene rings is 2. The van der Waals surface area contributed by atoms with Crippen LogP contribution in [0.1, 0.15) is 23.5 Å². The first kappa shape index (κ1) is 21.8. The summed E-state index contributed by atoms with van der Waals surface area (Å²) in [7, 11) is 0. The van der Waals surface area contributed by atoms with Gasteiger partial charge < -0.3 is 20.1 Å². The van der Waals surface area contributed by atoms with Gasteiger partial charge in [-0.1, -0.05) is 36.4 Å². The molecular weight excluding hydrogens is 449 g/mol. The minimum Gasteiger partial charge on any atom is -0.352 e. The van der Waals surface area contributed by atoms with Crippen LogP contribution in [0.25, 0.3) is 5.69 Å². The molecule has 2 N–H and O–H groups in total. The van der Waals surface area contributed by atoms with E-state index in [1.54, 1.807) is 29.0 Å². The predicted molar refractivity (Wildman–Crippen MR) is 133 cm³/mol. The van der Waals surface area contributed by atoms with Crippen molar-refractivity contribution in [3.05, 3.63) is 115 Å². The first-order valence-corrected chi connectivity index (χ1v) is 11.3. The molecule has 4 aromatic rings. The van der Waals surface area contributed by atoms with Crippen LogP contribution in [0, 0.1) is 5.82 Å². The Bertz CT molecular complexity index is 1310. The van der Waals surface area contributed by atoms with Gasteiger partial charge in [0.2, 0.25) is 5.91 Å². The van der Waals surface area contributed by atoms with E-state index in [0.29, 0.717) is 16.5 Å². The van der Waals surface area contributed by atoms with Crippen molar-refractivity contribution in [3.8, 4) is 5.69 Å². The smallest absolute Gasteiger partial charge is 0.244 e. The van der Waals surface area contributed by atoms with Crippen LogP contribution in [-0.2, 0) is 4.79 Å². The molecule has 170 valence electrons. The Labute approximate surface area is 202 Å². The Kier molecular flexibility index (Phi) is 6.05. The molecule has 8 heteroatoms. The monoisotopic (exact) mass is 471 g/mol. The SMILES string of the molecule is O=C(CN1C(=S)NC(c2ccccn2)C1c1cccn1-c1ccccc1F)Nc1ccccc1. The number of amides is 1. The maximum absolute atomic E-state index is 14.7. The summed E-state index contributed by atoms with van der Waals surface area (Å²) in [4.78, 5) is 19.3. The molecule has 0 aliphatic carbocycles. The van der Waals surface area contributed by atoms with Crippen molar-refractivity contribution in [2.75, 3.05) is 11.9 Å². The molecule has 2 unspecified atom stereocenters. The normalized spacial score (nSPS) is 17.4. The number of carbonyl (C=O) groups is 1. The van der Waals surface area contributed by atoms with E-state index in [4.69, 9.17) is 12.2 Å². The van der Waals surface area contributed by atoms with Crippen LogP contribution in [-0.4, -0.2) is 32.0 Å². The maximum atomic E-state index is 14.7. The largest absolute Gasteiger partial charge is 0.352 e. The molecule has 0 radical (unpaired) electrons. The first-order valence-electron chi connectivity index (χ1n) is 10.9. The van der Waals surface area contributed by atoms with Gasteiger partial charge in [-0.3, -0.25) is 9.78 Å². The van der Waals surface area contributed by atoms with Crippen LogP contribution in [0.15, 0.2) is 97.3 Å². The van der Waals surface area contributed by atoms with Crippen molar-refractivity contribution in [2.24, 2.45) is 0 Å². The van der Waals surface area contributed by atoms with E-state index in [1.807, 2.05) is 71.8 Å². The van der Waals surface area contributed by atoms with Crippen molar-refractivity contribution in [3.63, 3.8) is 0 Å². The lowest BCUT2D eigenvalue weighted by atomic mass is 10.0. The molecule has 0 spiro atoms. The van der Waals surface area contributed by atoms with Crippen LogP contribution < -0.4 is 10.6 Å². The fourth-order valence-electron chi connectivity index (χ4n) is 4.28. The first-order chi connectivity index (χ1) is 16.6. The van der Waals surface area contributed by atoms with Gasteiger partial charge in [0.1, 0.15) is 12.4 Å². The third-order valence-corrected chi connectivity index (χ3v) is 6.12. The summed E-state index contributed by atoms with van der Waals surface area (Å²) in [5.41, 5.74) is 2.70. The van der Waals surface area contributed by atoms with Crippen LogP contribution in [0.5, 0.6) is 0 Å². The molecule has 1 aliphatic rings. The summed E-state index contributed by atoms with van der Waals surface area (Å²) in [6, 6.07) is 24.6. The minimum absolute atomic E-state index is 0.0250. The summed E-state index contributed by atoms with van der Waals surface area (Å²) >= 11 is 5.66. The van der Waals surface area contributed by atoms with Gasteiger partial charge in [0, 0.05) is 23.8 Å². The summed E-state index contributed by atoms with van der Waals surface area (Å²) in [6.07, 6.45) is 3.53. The highest BCUT2D eigenvalue weighted by atomic mass is 32.1. The van der Waals surface area contributed by atoms with Gasteiger partial charge in [-0.25, -0.2) is 4.39 Å². The number of carbonyl (C=O) groups excluding carboxylic acids is 1. The van der Waals surface area contributed by atoms with Crippen LogP contribution in [0.2, 0.25) is 0 Å². The Morgan fingerprint density at radius 1 is 1.00 bits per heavy atom.